The molecule has 0 saturated carbocycles. The van der Waals surface area contributed by atoms with Crippen molar-refractivity contribution >= 4 is 11.6 Å². The van der Waals surface area contributed by atoms with Gasteiger partial charge in [-0.3, -0.25) is 0 Å². The molecule has 0 amide bonds. The molecule has 0 radical (unpaired) electrons. The average molecular weight is 203 g/mol. The average Bonchev–Trinajstić information content (AvgIpc) is 2.69. The van der Waals surface area contributed by atoms with Crippen LogP contribution >= 0.6 is 11.6 Å². The fraction of sp³-hybridized carbons (Fsp3) is 0. The summed E-state index contributed by atoms with van der Waals surface area (Å²) in [5.74, 6) is 6.46. The Morgan fingerprint density at radius 1 is 1.00 bits per heavy atom. The van der Waals surface area contributed by atoms with E-state index in [4.69, 9.17) is 16.0 Å². The molecule has 0 aliphatic carbocycles. The highest BCUT2D eigenvalue weighted by Crippen LogP contribution is 2.13. The van der Waals surface area contributed by atoms with Gasteiger partial charge in [0.15, 0.2) is 5.76 Å². The minimum absolute atomic E-state index is 0.643. The molecule has 0 saturated heterocycles. The lowest BCUT2D eigenvalue weighted by Crippen LogP contribution is -1.75. The van der Waals surface area contributed by atoms with E-state index < -0.39 is 0 Å². The summed E-state index contributed by atoms with van der Waals surface area (Å²) in [5, 5.41) is 0.659. The minimum atomic E-state index is 0.643. The molecule has 0 aliphatic rings. The van der Waals surface area contributed by atoms with E-state index in [1.807, 2.05) is 30.3 Å². The molecule has 0 aliphatic heterocycles. The van der Waals surface area contributed by atoms with Gasteiger partial charge in [0.05, 0.1) is 11.3 Å². The molecule has 0 unspecified atom stereocenters. The Kier molecular flexibility index (Phi) is 2.58. The number of furan rings is 1. The van der Waals surface area contributed by atoms with Crippen molar-refractivity contribution in [2.24, 2.45) is 0 Å². The molecule has 2 heteroatoms. The predicted octanol–water partition coefficient (Wildman–Crippen LogP) is 3.33. The van der Waals surface area contributed by atoms with E-state index in [0.29, 0.717) is 10.8 Å². The SMILES string of the molecule is Clc1ccccc1C#Cc1ccco1. The molecule has 1 aromatic heterocycles. The van der Waals surface area contributed by atoms with Crippen molar-refractivity contribution in [1.82, 2.24) is 0 Å². The van der Waals surface area contributed by atoms with Crippen LogP contribution in [0.5, 0.6) is 0 Å². The van der Waals surface area contributed by atoms with Gasteiger partial charge in [0, 0.05) is 5.56 Å². The van der Waals surface area contributed by atoms with Crippen LogP contribution in [0.15, 0.2) is 47.1 Å². The number of rotatable bonds is 0. The Morgan fingerprint density at radius 2 is 1.86 bits per heavy atom. The van der Waals surface area contributed by atoms with E-state index in [9.17, 15) is 0 Å². The van der Waals surface area contributed by atoms with Gasteiger partial charge in [0.1, 0.15) is 0 Å². The van der Waals surface area contributed by atoms with E-state index in [0.717, 1.165) is 5.56 Å². The van der Waals surface area contributed by atoms with Crippen LogP contribution in [0, 0.1) is 11.8 Å². The lowest BCUT2D eigenvalue weighted by molar-refractivity contribution is 0.554. The third kappa shape index (κ3) is 1.99. The van der Waals surface area contributed by atoms with Crippen LogP contribution in [0.2, 0.25) is 5.02 Å². The summed E-state index contributed by atoms with van der Waals surface area (Å²) >= 11 is 5.93. The van der Waals surface area contributed by atoms with E-state index in [1.54, 1.807) is 12.3 Å². The van der Waals surface area contributed by atoms with E-state index in [-0.39, 0.29) is 0 Å². The smallest absolute Gasteiger partial charge is 0.176 e. The zero-order valence-corrected chi connectivity index (χ0v) is 8.08. The first-order valence-corrected chi connectivity index (χ1v) is 4.54. The normalized spacial score (nSPS) is 9.21. The standard InChI is InChI=1S/C12H7ClO/c13-12-6-2-1-4-10(12)7-8-11-5-3-9-14-11/h1-6,9H. The van der Waals surface area contributed by atoms with Gasteiger partial charge in [-0.1, -0.05) is 29.7 Å². The van der Waals surface area contributed by atoms with Crippen LogP contribution in [-0.2, 0) is 0 Å². The summed E-state index contributed by atoms with van der Waals surface area (Å²) in [6.07, 6.45) is 1.59. The van der Waals surface area contributed by atoms with Crippen molar-refractivity contribution in [2.75, 3.05) is 0 Å². The molecule has 0 bridgehead atoms. The van der Waals surface area contributed by atoms with Crippen LogP contribution in [-0.4, -0.2) is 0 Å². The van der Waals surface area contributed by atoms with E-state index >= 15 is 0 Å². The topological polar surface area (TPSA) is 13.1 Å². The molecule has 1 aromatic carbocycles. The zero-order chi connectivity index (χ0) is 9.80. The first-order valence-electron chi connectivity index (χ1n) is 4.16. The zero-order valence-electron chi connectivity index (χ0n) is 7.33. The predicted molar refractivity (Wildman–Crippen MR) is 56.1 cm³/mol. The minimum Gasteiger partial charge on any atom is -0.456 e. The Labute approximate surface area is 87.3 Å². The summed E-state index contributed by atoms with van der Waals surface area (Å²) in [7, 11) is 0. The van der Waals surface area contributed by atoms with Crippen molar-refractivity contribution in [3.63, 3.8) is 0 Å². The number of halogens is 1. The number of hydrogen-bond donors (Lipinski definition) is 0. The summed E-state index contributed by atoms with van der Waals surface area (Å²) in [4.78, 5) is 0. The Morgan fingerprint density at radius 3 is 2.57 bits per heavy atom. The van der Waals surface area contributed by atoms with E-state index in [1.165, 1.54) is 0 Å². The van der Waals surface area contributed by atoms with Gasteiger partial charge in [-0.15, -0.1) is 0 Å². The van der Waals surface area contributed by atoms with Crippen LogP contribution in [0.25, 0.3) is 0 Å². The molecule has 68 valence electrons. The molecule has 1 heterocycles. The fourth-order valence-electron chi connectivity index (χ4n) is 1.04. The van der Waals surface area contributed by atoms with Gasteiger partial charge in [-0.05, 0) is 30.2 Å². The Bertz CT molecular complexity index is 475. The van der Waals surface area contributed by atoms with Gasteiger partial charge >= 0.3 is 0 Å². The van der Waals surface area contributed by atoms with Crippen molar-refractivity contribution < 1.29 is 4.42 Å². The van der Waals surface area contributed by atoms with Crippen LogP contribution in [0.1, 0.15) is 11.3 Å². The second-order valence-corrected chi connectivity index (χ2v) is 3.11. The van der Waals surface area contributed by atoms with E-state index in [2.05, 4.69) is 11.8 Å². The first-order chi connectivity index (χ1) is 6.86. The van der Waals surface area contributed by atoms with Gasteiger partial charge in [0.2, 0.25) is 0 Å². The highest BCUT2D eigenvalue weighted by atomic mass is 35.5. The van der Waals surface area contributed by atoms with Crippen molar-refractivity contribution in [1.29, 1.82) is 0 Å². The van der Waals surface area contributed by atoms with Crippen molar-refractivity contribution in [2.45, 2.75) is 0 Å². The van der Waals surface area contributed by atoms with Gasteiger partial charge in [-0.2, -0.15) is 0 Å². The second-order valence-electron chi connectivity index (χ2n) is 2.71. The van der Waals surface area contributed by atoms with Crippen LogP contribution in [0.3, 0.4) is 0 Å². The Balaban J connectivity index is 2.31. The summed E-state index contributed by atoms with van der Waals surface area (Å²) < 4.78 is 5.08. The van der Waals surface area contributed by atoms with Gasteiger partial charge in [0.25, 0.3) is 0 Å². The maximum atomic E-state index is 5.93. The van der Waals surface area contributed by atoms with Crippen LogP contribution in [0.4, 0.5) is 0 Å². The maximum Gasteiger partial charge on any atom is 0.176 e. The van der Waals surface area contributed by atoms with Crippen molar-refractivity contribution in [3.05, 3.63) is 59.0 Å². The second kappa shape index (κ2) is 4.04. The molecule has 1 nitrogen and oxygen atoms in total. The van der Waals surface area contributed by atoms with Gasteiger partial charge in [-0.25, -0.2) is 0 Å². The third-order valence-corrected chi connectivity index (χ3v) is 2.04. The summed E-state index contributed by atoms with van der Waals surface area (Å²) in [5.41, 5.74) is 0.811. The largest absolute Gasteiger partial charge is 0.456 e. The van der Waals surface area contributed by atoms with Crippen molar-refractivity contribution in [3.8, 4) is 11.8 Å². The number of hydrogen-bond acceptors (Lipinski definition) is 1. The molecule has 2 aromatic rings. The Hall–Kier alpha value is -1.65. The third-order valence-electron chi connectivity index (χ3n) is 1.72. The maximum absolute atomic E-state index is 5.93. The number of benzene rings is 1. The molecular formula is C12H7ClO. The fourth-order valence-corrected chi connectivity index (χ4v) is 1.22. The van der Waals surface area contributed by atoms with Gasteiger partial charge < -0.3 is 4.42 Å². The highest BCUT2D eigenvalue weighted by Gasteiger charge is 1.93. The molecule has 0 spiro atoms. The summed E-state index contributed by atoms with van der Waals surface area (Å²) in [6, 6.07) is 11.1. The molecular weight excluding hydrogens is 196 g/mol. The monoisotopic (exact) mass is 202 g/mol. The molecule has 0 fully saturated rings. The first kappa shape index (κ1) is 8.93. The quantitative estimate of drug-likeness (QED) is 0.598. The van der Waals surface area contributed by atoms with Crippen LogP contribution < -0.4 is 0 Å². The summed E-state index contributed by atoms with van der Waals surface area (Å²) in [6.45, 7) is 0. The lowest BCUT2D eigenvalue weighted by atomic mass is 10.2. The molecule has 14 heavy (non-hydrogen) atoms. The lowest BCUT2D eigenvalue weighted by Gasteiger charge is -1.91. The molecule has 0 N–H and O–H groups in total. The molecule has 2 rings (SSSR count). The highest BCUT2D eigenvalue weighted by molar-refractivity contribution is 6.31. The molecule has 0 atom stereocenters.